The van der Waals surface area contributed by atoms with Gasteiger partial charge in [0.15, 0.2) is 0 Å². The summed E-state index contributed by atoms with van der Waals surface area (Å²) >= 11 is 0. The molecule has 5 heteroatoms. The highest BCUT2D eigenvalue weighted by atomic mass is 16.1. The van der Waals surface area contributed by atoms with Crippen molar-refractivity contribution in [3.63, 3.8) is 0 Å². The van der Waals surface area contributed by atoms with Gasteiger partial charge in [-0.25, -0.2) is 0 Å². The van der Waals surface area contributed by atoms with Crippen LogP contribution in [0.2, 0.25) is 0 Å². The van der Waals surface area contributed by atoms with Crippen LogP contribution in [0.25, 0.3) is 10.8 Å². The van der Waals surface area contributed by atoms with Crippen LogP contribution in [0.15, 0.2) is 30.6 Å². The van der Waals surface area contributed by atoms with Crippen LogP contribution >= 0.6 is 0 Å². The Kier molecular flexibility index (Phi) is 4.98. The van der Waals surface area contributed by atoms with Crippen molar-refractivity contribution in [3.05, 3.63) is 30.6 Å². The normalized spacial score (nSPS) is 12.1. The first-order valence-electron chi connectivity index (χ1n) is 7.27. The lowest BCUT2D eigenvalue weighted by Crippen LogP contribution is -2.32. The third-order valence-electron chi connectivity index (χ3n) is 3.55. The molecule has 0 aliphatic rings. The molecule has 2 rings (SSSR count). The molecular formula is C16H22N4O. The molecular weight excluding hydrogens is 264 g/mol. The van der Waals surface area contributed by atoms with Gasteiger partial charge < -0.3 is 16.4 Å². The Morgan fingerprint density at radius 2 is 2.19 bits per heavy atom. The number of hydrogen-bond acceptors (Lipinski definition) is 4. The number of carbonyl (C=O) groups is 1. The van der Waals surface area contributed by atoms with E-state index in [2.05, 4.69) is 15.6 Å². The van der Waals surface area contributed by atoms with E-state index in [4.69, 9.17) is 5.73 Å². The highest BCUT2D eigenvalue weighted by molar-refractivity contribution is 5.98. The smallest absolute Gasteiger partial charge is 0.221 e. The van der Waals surface area contributed by atoms with Gasteiger partial charge in [0.05, 0.1) is 11.4 Å². The molecule has 0 saturated heterocycles. The molecule has 1 aromatic carbocycles. The molecule has 112 valence electrons. The van der Waals surface area contributed by atoms with Gasteiger partial charge in [-0.05, 0) is 25.5 Å². The molecule has 0 aliphatic carbocycles. The van der Waals surface area contributed by atoms with Crippen molar-refractivity contribution in [1.82, 2.24) is 10.3 Å². The molecule has 2 aromatic rings. The summed E-state index contributed by atoms with van der Waals surface area (Å²) < 4.78 is 0. The van der Waals surface area contributed by atoms with Crippen molar-refractivity contribution >= 4 is 28.1 Å². The Bertz CT molecular complexity index is 627. The van der Waals surface area contributed by atoms with Gasteiger partial charge in [-0.3, -0.25) is 9.78 Å². The maximum Gasteiger partial charge on any atom is 0.221 e. The van der Waals surface area contributed by atoms with Crippen LogP contribution in [-0.4, -0.2) is 23.5 Å². The van der Waals surface area contributed by atoms with Crippen molar-refractivity contribution < 1.29 is 4.79 Å². The zero-order chi connectivity index (χ0) is 15.2. The quantitative estimate of drug-likeness (QED) is 0.713. The number of nitrogens with zero attached hydrogens (tertiary/aromatic N) is 1. The predicted octanol–water partition coefficient (Wildman–Crippen LogP) is 2.53. The molecule has 0 aliphatic heterocycles. The molecule has 0 radical (unpaired) electrons. The molecule has 21 heavy (non-hydrogen) atoms. The van der Waals surface area contributed by atoms with E-state index in [1.54, 1.807) is 12.4 Å². The van der Waals surface area contributed by atoms with E-state index in [0.717, 1.165) is 22.9 Å². The summed E-state index contributed by atoms with van der Waals surface area (Å²) in [7, 11) is 0. The molecule has 1 amide bonds. The number of carbonyl (C=O) groups excluding carboxylic acids is 1. The molecule has 1 atom stereocenters. The number of fused-ring (bicyclic) bond motifs is 1. The van der Waals surface area contributed by atoms with Crippen molar-refractivity contribution in [3.8, 4) is 0 Å². The summed E-state index contributed by atoms with van der Waals surface area (Å²) in [6.07, 6.45) is 4.88. The number of nitrogen functional groups attached to an aromatic ring is 1. The maximum absolute atomic E-state index is 11.7. The molecule has 0 spiro atoms. The highest BCUT2D eigenvalue weighted by Crippen LogP contribution is 2.27. The predicted molar refractivity (Wildman–Crippen MR) is 87.2 cm³/mol. The number of rotatable bonds is 6. The molecule has 0 bridgehead atoms. The summed E-state index contributed by atoms with van der Waals surface area (Å²) in [4.78, 5) is 15.8. The van der Waals surface area contributed by atoms with Crippen LogP contribution in [0.5, 0.6) is 0 Å². The topological polar surface area (TPSA) is 80.0 Å². The lowest BCUT2D eigenvalue weighted by Gasteiger charge is -2.13. The lowest BCUT2D eigenvalue weighted by atomic mass is 10.1. The van der Waals surface area contributed by atoms with Crippen LogP contribution in [0.1, 0.15) is 26.7 Å². The maximum atomic E-state index is 11.7. The second-order valence-electron chi connectivity index (χ2n) is 5.18. The van der Waals surface area contributed by atoms with Gasteiger partial charge in [-0.2, -0.15) is 0 Å². The number of nitrogens with one attached hydrogen (secondary N) is 2. The Morgan fingerprint density at radius 1 is 1.38 bits per heavy atom. The molecule has 1 heterocycles. The van der Waals surface area contributed by atoms with Gasteiger partial charge in [-0.1, -0.05) is 13.0 Å². The van der Waals surface area contributed by atoms with E-state index in [1.807, 2.05) is 32.0 Å². The van der Waals surface area contributed by atoms with Crippen molar-refractivity contribution in [2.24, 2.45) is 0 Å². The number of nitrogens with two attached hydrogens (primary N) is 1. The lowest BCUT2D eigenvalue weighted by molar-refractivity contribution is -0.121. The largest absolute Gasteiger partial charge is 0.397 e. The van der Waals surface area contributed by atoms with Crippen LogP contribution in [-0.2, 0) is 4.79 Å². The minimum absolute atomic E-state index is 0.0559. The molecule has 1 unspecified atom stereocenters. The van der Waals surface area contributed by atoms with Crippen LogP contribution in [0.4, 0.5) is 11.4 Å². The standard InChI is InChI=1S/C16H22N4O/c1-3-11(2)20-15(21)7-9-19-14-5-4-12-10-18-8-6-13(12)16(14)17/h4-6,8,10-11,19H,3,7,9,17H2,1-2H3,(H,20,21). The van der Waals surface area contributed by atoms with Gasteiger partial charge in [0.1, 0.15) is 0 Å². The summed E-state index contributed by atoms with van der Waals surface area (Å²) in [5, 5.41) is 8.14. The number of aromatic nitrogens is 1. The minimum atomic E-state index is 0.0559. The first-order valence-corrected chi connectivity index (χ1v) is 7.27. The first kappa shape index (κ1) is 15.1. The Hall–Kier alpha value is -2.30. The van der Waals surface area contributed by atoms with Crippen molar-refractivity contribution in [2.75, 3.05) is 17.6 Å². The van der Waals surface area contributed by atoms with E-state index in [1.165, 1.54) is 0 Å². The summed E-state index contributed by atoms with van der Waals surface area (Å²) in [5.41, 5.74) is 7.69. The number of pyridine rings is 1. The Labute approximate surface area is 124 Å². The average molecular weight is 286 g/mol. The molecule has 5 nitrogen and oxygen atoms in total. The molecule has 1 aromatic heterocycles. The van der Waals surface area contributed by atoms with E-state index < -0.39 is 0 Å². The summed E-state index contributed by atoms with van der Waals surface area (Å²) in [5.74, 6) is 0.0559. The molecule has 4 N–H and O–H groups in total. The van der Waals surface area contributed by atoms with Crippen LogP contribution < -0.4 is 16.4 Å². The number of amides is 1. The number of benzene rings is 1. The first-order chi connectivity index (χ1) is 10.1. The SMILES string of the molecule is CCC(C)NC(=O)CCNc1ccc2cnccc2c1N. The van der Waals surface area contributed by atoms with Crippen molar-refractivity contribution in [2.45, 2.75) is 32.7 Å². The van der Waals surface area contributed by atoms with Crippen LogP contribution in [0.3, 0.4) is 0 Å². The number of anilines is 2. The van der Waals surface area contributed by atoms with Gasteiger partial charge in [0, 0.05) is 42.2 Å². The summed E-state index contributed by atoms with van der Waals surface area (Å²) in [6, 6.07) is 6.01. The fourth-order valence-corrected chi connectivity index (χ4v) is 2.11. The second-order valence-corrected chi connectivity index (χ2v) is 5.18. The zero-order valence-electron chi connectivity index (χ0n) is 12.5. The third-order valence-corrected chi connectivity index (χ3v) is 3.55. The van der Waals surface area contributed by atoms with Crippen molar-refractivity contribution in [1.29, 1.82) is 0 Å². The minimum Gasteiger partial charge on any atom is -0.397 e. The monoisotopic (exact) mass is 286 g/mol. The Balaban J connectivity index is 1.95. The van der Waals surface area contributed by atoms with Gasteiger partial charge in [-0.15, -0.1) is 0 Å². The fraction of sp³-hybridized carbons (Fsp3) is 0.375. The molecule has 0 fully saturated rings. The van der Waals surface area contributed by atoms with Crippen LogP contribution in [0, 0.1) is 0 Å². The third kappa shape index (κ3) is 3.84. The average Bonchev–Trinajstić information content (AvgIpc) is 2.49. The van der Waals surface area contributed by atoms with Gasteiger partial charge in [0.25, 0.3) is 0 Å². The van der Waals surface area contributed by atoms with E-state index in [-0.39, 0.29) is 11.9 Å². The Morgan fingerprint density at radius 3 is 2.95 bits per heavy atom. The highest BCUT2D eigenvalue weighted by Gasteiger charge is 2.07. The van der Waals surface area contributed by atoms with E-state index in [0.29, 0.717) is 18.7 Å². The van der Waals surface area contributed by atoms with E-state index >= 15 is 0 Å². The zero-order valence-corrected chi connectivity index (χ0v) is 12.5. The van der Waals surface area contributed by atoms with E-state index in [9.17, 15) is 4.79 Å². The molecule has 0 saturated carbocycles. The fourth-order valence-electron chi connectivity index (χ4n) is 2.11. The number of hydrogen-bond donors (Lipinski definition) is 3. The van der Waals surface area contributed by atoms with Gasteiger partial charge in [0.2, 0.25) is 5.91 Å². The second kappa shape index (κ2) is 6.92. The summed E-state index contributed by atoms with van der Waals surface area (Å²) in [6.45, 7) is 4.61. The van der Waals surface area contributed by atoms with Gasteiger partial charge >= 0.3 is 0 Å².